The van der Waals surface area contributed by atoms with Gasteiger partial charge in [-0.15, -0.1) is 5.10 Å². The summed E-state index contributed by atoms with van der Waals surface area (Å²) in [5.74, 6) is -1.37. The molecule has 0 unspecified atom stereocenters. The second-order valence-electron chi connectivity index (χ2n) is 11.2. The van der Waals surface area contributed by atoms with Gasteiger partial charge in [0.15, 0.2) is 0 Å². The van der Waals surface area contributed by atoms with E-state index in [0.29, 0.717) is 56.2 Å². The summed E-state index contributed by atoms with van der Waals surface area (Å²) in [6.45, 7) is 6.63. The van der Waals surface area contributed by atoms with Crippen molar-refractivity contribution in [3.8, 4) is 12.1 Å². The Hall–Kier alpha value is -5.06. The quantitative estimate of drug-likeness (QED) is 0.194. The number of benzene rings is 3. The Balaban J connectivity index is 1.62. The molecule has 0 saturated heterocycles. The Morgan fingerprint density at radius 3 is 2.44 bits per heavy atom. The number of nitrogens with zero attached hydrogens (tertiary/aromatic N) is 6. The van der Waals surface area contributed by atoms with Crippen LogP contribution in [0.15, 0.2) is 67.0 Å². The minimum Gasteiger partial charge on any atom is -0.383 e. The average Bonchev–Trinajstić information content (AvgIpc) is 3.44. The van der Waals surface area contributed by atoms with Gasteiger partial charge in [-0.05, 0) is 41.3 Å². The first-order chi connectivity index (χ1) is 20.6. The first-order valence-corrected chi connectivity index (χ1v) is 13.8. The summed E-state index contributed by atoms with van der Waals surface area (Å²) in [4.78, 5) is 4.58. The summed E-state index contributed by atoms with van der Waals surface area (Å²) >= 11 is 6.63. The minimum absolute atomic E-state index is 0.0806. The molecule has 1 atom stereocenters. The fraction of sp³-hybridized carbons (Fsp3) is 0.219. The maximum Gasteiger partial charge on any atom is 0.131 e. The molecule has 3 aromatic carbocycles. The smallest absolute Gasteiger partial charge is 0.131 e. The second-order valence-corrected chi connectivity index (χ2v) is 11.7. The van der Waals surface area contributed by atoms with E-state index in [4.69, 9.17) is 11.6 Å². The zero-order chi connectivity index (χ0) is 30.7. The zero-order valence-corrected chi connectivity index (χ0v) is 24.4. The fourth-order valence-electron chi connectivity index (χ4n) is 4.65. The van der Waals surface area contributed by atoms with Crippen molar-refractivity contribution in [2.24, 2.45) is 5.41 Å². The molecule has 2 heterocycles. The summed E-state index contributed by atoms with van der Waals surface area (Å²) in [5.41, 5.74) is 3.15. The van der Waals surface area contributed by atoms with E-state index in [1.807, 2.05) is 12.1 Å². The number of nitrogens with one attached hydrogen (secondary N) is 2. The van der Waals surface area contributed by atoms with E-state index in [2.05, 4.69) is 58.8 Å². The van der Waals surface area contributed by atoms with Crippen molar-refractivity contribution in [3.63, 3.8) is 0 Å². The van der Waals surface area contributed by atoms with Crippen molar-refractivity contribution < 1.29 is 8.78 Å². The van der Waals surface area contributed by atoms with Crippen LogP contribution >= 0.6 is 11.6 Å². The number of pyridine rings is 1. The molecule has 11 heteroatoms. The van der Waals surface area contributed by atoms with Gasteiger partial charge in [-0.2, -0.15) is 10.5 Å². The SMILES string of the molecule is CC(C)(C)CNc1c(C#N)cnc2c(N[C@H](c3cn(Cc4c(F)cccc4F)nn3)c3ccccc3Cl)cc(C#N)cc12. The van der Waals surface area contributed by atoms with Gasteiger partial charge in [0, 0.05) is 28.7 Å². The van der Waals surface area contributed by atoms with Crippen molar-refractivity contribution in [2.45, 2.75) is 33.4 Å². The summed E-state index contributed by atoms with van der Waals surface area (Å²) < 4.78 is 30.0. The monoisotopic (exact) mass is 596 g/mol. The Morgan fingerprint density at radius 1 is 1.02 bits per heavy atom. The van der Waals surface area contributed by atoms with Crippen LogP contribution in [-0.4, -0.2) is 26.5 Å². The molecule has 0 saturated carbocycles. The maximum absolute atomic E-state index is 14.3. The molecule has 2 N–H and O–H groups in total. The molecule has 0 fully saturated rings. The number of hydrogen-bond donors (Lipinski definition) is 2. The number of hydrogen-bond acceptors (Lipinski definition) is 7. The molecule has 5 rings (SSSR count). The van der Waals surface area contributed by atoms with Crippen LogP contribution in [0, 0.1) is 39.7 Å². The molecule has 0 aliphatic carbocycles. The van der Waals surface area contributed by atoms with Crippen LogP contribution in [-0.2, 0) is 6.54 Å². The van der Waals surface area contributed by atoms with Crippen LogP contribution in [0.3, 0.4) is 0 Å². The third kappa shape index (κ3) is 6.40. The molecular weight excluding hydrogens is 570 g/mol. The van der Waals surface area contributed by atoms with Gasteiger partial charge in [-0.1, -0.05) is 61.9 Å². The van der Waals surface area contributed by atoms with Crippen molar-refractivity contribution >= 4 is 33.9 Å². The largest absolute Gasteiger partial charge is 0.383 e. The predicted molar refractivity (Wildman–Crippen MR) is 162 cm³/mol. The highest BCUT2D eigenvalue weighted by Crippen LogP contribution is 2.36. The van der Waals surface area contributed by atoms with E-state index in [1.54, 1.807) is 30.5 Å². The Labute approximate surface area is 252 Å². The van der Waals surface area contributed by atoms with Crippen molar-refractivity contribution in [1.82, 2.24) is 20.0 Å². The fourth-order valence-corrected chi connectivity index (χ4v) is 4.90. The van der Waals surface area contributed by atoms with Gasteiger partial charge in [0.25, 0.3) is 0 Å². The number of fused-ring (bicyclic) bond motifs is 1. The lowest BCUT2D eigenvalue weighted by molar-refractivity contribution is 0.443. The van der Waals surface area contributed by atoms with Gasteiger partial charge in [-0.25, -0.2) is 13.5 Å². The third-order valence-corrected chi connectivity index (χ3v) is 7.11. The molecule has 216 valence electrons. The highest BCUT2D eigenvalue weighted by Gasteiger charge is 2.24. The van der Waals surface area contributed by atoms with Gasteiger partial charge in [0.05, 0.1) is 52.9 Å². The van der Waals surface area contributed by atoms with Gasteiger partial charge in [0.1, 0.15) is 23.4 Å². The summed E-state index contributed by atoms with van der Waals surface area (Å²) in [5, 5.41) is 36.0. The van der Waals surface area contributed by atoms with Crippen molar-refractivity contribution in [2.75, 3.05) is 17.2 Å². The molecule has 5 aromatic rings. The van der Waals surface area contributed by atoms with Crippen LogP contribution < -0.4 is 10.6 Å². The normalized spacial score (nSPS) is 12.0. The van der Waals surface area contributed by atoms with Gasteiger partial charge in [0.2, 0.25) is 0 Å². The summed E-state index contributed by atoms with van der Waals surface area (Å²) in [7, 11) is 0. The molecule has 0 aliphatic rings. The van der Waals surface area contributed by atoms with Gasteiger partial charge < -0.3 is 10.6 Å². The predicted octanol–water partition coefficient (Wildman–Crippen LogP) is 7.21. The molecule has 0 radical (unpaired) electrons. The lowest BCUT2D eigenvalue weighted by Crippen LogP contribution is -2.20. The van der Waals surface area contributed by atoms with Crippen LogP contribution in [0.4, 0.5) is 20.2 Å². The Morgan fingerprint density at radius 2 is 1.77 bits per heavy atom. The van der Waals surface area contributed by atoms with Gasteiger partial charge >= 0.3 is 0 Å². The number of anilines is 2. The van der Waals surface area contributed by atoms with E-state index in [0.717, 1.165) is 0 Å². The average molecular weight is 597 g/mol. The third-order valence-electron chi connectivity index (χ3n) is 6.77. The first-order valence-electron chi connectivity index (χ1n) is 13.4. The van der Waals surface area contributed by atoms with Gasteiger partial charge in [-0.3, -0.25) is 4.98 Å². The minimum atomic E-state index is -0.687. The van der Waals surface area contributed by atoms with Crippen LogP contribution in [0.1, 0.15) is 54.8 Å². The zero-order valence-electron chi connectivity index (χ0n) is 23.7. The number of rotatable bonds is 8. The topological polar surface area (TPSA) is 115 Å². The lowest BCUT2D eigenvalue weighted by atomic mass is 9.96. The van der Waals surface area contributed by atoms with E-state index in [9.17, 15) is 19.3 Å². The molecule has 0 aliphatic heterocycles. The maximum atomic E-state index is 14.3. The first kappa shape index (κ1) is 29.4. The molecule has 43 heavy (non-hydrogen) atoms. The summed E-state index contributed by atoms with van der Waals surface area (Å²) in [6, 6.07) is 17.9. The van der Waals surface area contributed by atoms with Crippen LogP contribution in [0.2, 0.25) is 5.02 Å². The van der Waals surface area contributed by atoms with Crippen molar-refractivity contribution in [3.05, 3.63) is 112 Å². The molecular formula is C32H27ClF2N8. The molecule has 8 nitrogen and oxygen atoms in total. The van der Waals surface area contributed by atoms with Crippen LogP contribution in [0.5, 0.6) is 0 Å². The highest BCUT2D eigenvalue weighted by atomic mass is 35.5. The van der Waals surface area contributed by atoms with E-state index in [1.165, 1.54) is 29.1 Å². The van der Waals surface area contributed by atoms with Crippen molar-refractivity contribution in [1.29, 1.82) is 10.5 Å². The standard InChI is InChI=1S/C32H27ClF2N8/c1-32(2,3)18-39-29-20(14-37)15-38-30-22(29)11-19(13-36)12-27(30)40-31(21-7-4-5-8-24(21)33)28-17-43(42-41-28)16-23-25(34)9-6-10-26(23)35/h4-12,15,17,31,40H,16,18H2,1-3H3,(H,38,39)/t31-/m0/s1. The van der Waals surface area contributed by atoms with E-state index >= 15 is 0 Å². The number of halogens is 3. The molecule has 0 amide bonds. The van der Waals surface area contributed by atoms with E-state index in [-0.39, 0.29) is 17.5 Å². The Bertz CT molecular complexity index is 1880. The second kappa shape index (κ2) is 12.0. The molecule has 0 bridgehead atoms. The Kier molecular flexibility index (Phi) is 8.24. The number of aromatic nitrogens is 4. The highest BCUT2D eigenvalue weighted by molar-refractivity contribution is 6.31. The lowest BCUT2D eigenvalue weighted by Gasteiger charge is -2.23. The van der Waals surface area contributed by atoms with E-state index < -0.39 is 17.7 Å². The summed E-state index contributed by atoms with van der Waals surface area (Å²) in [6.07, 6.45) is 3.08. The molecule has 2 aromatic heterocycles. The molecule has 0 spiro atoms. The number of nitriles is 2. The van der Waals surface area contributed by atoms with Crippen LogP contribution in [0.25, 0.3) is 10.9 Å².